The van der Waals surface area contributed by atoms with Gasteiger partial charge in [0, 0.05) is 25.2 Å². The summed E-state index contributed by atoms with van der Waals surface area (Å²) in [6.07, 6.45) is 8.53. The minimum absolute atomic E-state index is 0.233. The first-order valence-electron chi connectivity index (χ1n) is 6.15. The number of sulfonamides is 1. The standard InChI is InChI=1S/C13H25N3O2S/c1-6-7-8-9-12(10-15-11(2)3)13(14)16(4)19(5,17)18/h6-9,11,15H,10,14H2,1-5H3/b7-6-,9-8-,13-12-. The van der Waals surface area contributed by atoms with E-state index >= 15 is 0 Å². The van der Waals surface area contributed by atoms with E-state index in [1.54, 1.807) is 0 Å². The van der Waals surface area contributed by atoms with Crippen LogP contribution >= 0.6 is 0 Å². The Balaban J connectivity index is 5.28. The Hall–Kier alpha value is -1.27. The van der Waals surface area contributed by atoms with Gasteiger partial charge in [-0.25, -0.2) is 8.42 Å². The molecule has 0 aromatic rings. The summed E-state index contributed by atoms with van der Waals surface area (Å²) in [5, 5.41) is 3.23. The molecule has 19 heavy (non-hydrogen) atoms. The van der Waals surface area contributed by atoms with E-state index in [0.717, 1.165) is 16.1 Å². The van der Waals surface area contributed by atoms with Crippen molar-refractivity contribution in [1.82, 2.24) is 9.62 Å². The van der Waals surface area contributed by atoms with Crippen LogP contribution in [0.1, 0.15) is 20.8 Å². The van der Waals surface area contributed by atoms with Gasteiger partial charge in [0.15, 0.2) is 0 Å². The molecule has 0 rings (SSSR count). The second-order valence-corrected chi connectivity index (χ2v) is 6.58. The molecule has 0 aromatic heterocycles. The molecule has 0 saturated carbocycles. The molecule has 0 aliphatic heterocycles. The van der Waals surface area contributed by atoms with Gasteiger partial charge in [0.2, 0.25) is 10.0 Å². The van der Waals surface area contributed by atoms with Gasteiger partial charge in [-0.05, 0) is 6.92 Å². The van der Waals surface area contributed by atoms with Gasteiger partial charge in [0.1, 0.15) is 5.82 Å². The van der Waals surface area contributed by atoms with E-state index in [0.29, 0.717) is 12.6 Å². The molecular weight excluding hydrogens is 262 g/mol. The van der Waals surface area contributed by atoms with Crippen LogP contribution in [0.15, 0.2) is 35.7 Å². The molecular formula is C13H25N3O2S. The number of nitrogens with two attached hydrogens (primary N) is 1. The smallest absolute Gasteiger partial charge is 0.233 e. The molecule has 6 heteroatoms. The minimum atomic E-state index is -3.35. The first-order valence-corrected chi connectivity index (χ1v) is 8.00. The number of nitrogens with zero attached hydrogens (tertiary/aromatic N) is 1. The summed E-state index contributed by atoms with van der Waals surface area (Å²) in [4.78, 5) is 0. The van der Waals surface area contributed by atoms with Crippen molar-refractivity contribution in [2.45, 2.75) is 26.8 Å². The molecule has 0 aliphatic rings. The Morgan fingerprint density at radius 3 is 2.37 bits per heavy atom. The Bertz CT molecular complexity index is 462. The zero-order valence-corrected chi connectivity index (χ0v) is 13.2. The number of hydrogen-bond acceptors (Lipinski definition) is 4. The first kappa shape index (κ1) is 17.7. The second-order valence-electron chi connectivity index (χ2n) is 4.56. The minimum Gasteiger partial charge on any atom is -0.384 e. The Labute approximate surface area is 116 Å². The van der Waals surface area contributed by atoms with Gasteiger partial charge in [0.05, 0.1) is 6.26 Å². The van der Waals surface area contributed by atoms with E-state index in [1.165, 1.54) is 7.05 Å². The lowest BCUT2D eigenvalue weighted by molar-refractivity contribution is 0.522. The summed E-state index contributed by atoms with van der Waals surface area (Å²) in [6, 6.07) is 0.293. The highest BCUT2D eigenvalue weighted by Gasteiger charge is 2.15. The number of rotatable bonds is 7. The normalized spacial score (nSPS) is 14.4. The molecule has 0 amide bonds. The van der Waals surface area contributed by atoms with Crippen LogP contribution in [0.4, 0.5) is 0 Å². The lowest BCUT2D eigenvalue weighted by atomic mass is 10.2. The predicted octanol–water partition coefficient (Wildman–Crippen LogP) is 1.18. The van der Waals surface area contributed by atoms with Gasteiger partial charge in [-0.1, -0.05) is 38.2 Å². The third-order valence-electron chi connectivity index (χ3n) is 2.47. The molecule has 0 radical (unpaired) electrons. The van der Waals surface area contributed by atoms with Gasteiger partial charge in [-0.3, -0.25) is 4.31 Å². The van der Waals surface area contributed by atoms with Crippen LogP contribution in [0.25, 0.3) is 0 Å². The topological polar surface area (TPSA) is 75.4 Å². The first-order chi connectivity index (χ1) is 8.70. The largest absolute Gasteiger partial charge is 0.384 e. The SMILES string of the molecule is C\C=C/C=C\C(CNC(C)C)=C(/N)N(C)S(C)(=O)=O. The van der Waals surface area contributed by atoms with Crippen LogP contribution in [0.3, 0.4) is 0 Å². The van der Waals surface area contributed by atoms with Gasteiger partial charge >= 0.3 is 0 Å². The van der Waals surface area contributed by atoms with E-state index in [4.69, 9.17) is 5.73 Å². The van der Waals surface area contributed by atoms with Crippen LogP contribution in [-0.2, 0) is 10.0 Å². The molecule has 0 fully saturated rings. The predicted molar refractivity (Wildman–Crippen MR) is 80.9 cm³/mol. The maximum atomic E-state index is 11.5. The molecule has 0 atom stereocenters. The molecule has 0 saturated heterocycles. The summed E-state index contributed by atoms with van der Waals surface area (Å²) in [5.74, 6) is 0.233. The van der Waals surface area contributed by atoms with E-state index in [1.807, 2.05) is 45.1 Å². The summed E-state index contributed by atoms with van der Waals surface area (Å²) >= 11 is 0. The van der Waals surface area contributed by atoms with Crippen LogP contribution in [0.2, 0.25) is 0 Å². The highest BCUT2D eigenvalue weighted by molar-refractivity contribution is 7.88. The van der Waals surface area contributed by atoms with Crippen molar-refractivity contribution >= 4 is 10.0 Å². The van der Waals surface area contributed by atoms with Crippen molar-refractivity contribution < 1.29 is 8.42 Å². The molecule has 0 aliphatic carbocycles. The Kier molecular flexibility index (Phi) is 7.48. The fourth-order valence-corrected chi connectivity index (χ4v) is 1.69. The fourth-order valence-electron chi connectivity index (χ4n) is 1.21. The van der Waals surface area contributed by atoms with E-state index < -0.39 is 10.0 Å². The van der Waals surface area contributed by atoms with Crippen molar-refractivity contribution in [2.75, 3.05) is 19.8 Å². The maximum absolute atomic E-state index is 11.5. The van der Waals surface area contributed by atoms with E-state index in [9.17, 15) is 8.42 Å². The Morgan fingerprint density at radius 1 is 1.37 bits per heavy atom. The van der Waals surface area contributed by atoms with E-state index in [2.05, 4.69) is 5.32 Å². The van der Waals surface area contributed by atoms with Crippen LogP contribution < -0.4 is 11.1 Å². The summed E-state index contributed by atoms with van der Waals surface area (Å²) in [5.41, 5.74) is 6.66. The highest BCUT2D eigenvalue weighted by atomic mass is 32.2. The fraction of sp³-hybridized carbons (Fsp3) is 0.538. The van der Waals surface area contributed by atoms with Crippen molar-refractivity contribution in [3.63, 3.8) is 0 Å². The summed E-state index contributed by atoms with van der Waals surface area (Å²) < 4.78 is 24.1. The monoisotopic (exact) mass is 287 g/mol. The van der Waals surface area contributed by atoms with E-state index in [-0.39, 0.29) is 5.82 Å². The summed E-state index contributed by atoms with van der Waals surface area (Å²) in [6.45, 7) is 6.46. The van der Waals surface area contributed by atoms with Crippen molar-refractivity contribution in [2.24, 2.45) is 5.73 Å². The number of hydrogen-bond donors (Lipinski definition) is 2. The third kappa shape index (κ3) is 7.03. The Morgan fingerprint density at radius 2 is 1.95 bits per heavy atom. The maximum Gasteiger partial charge on any atom is 0.233 e. The van der Waals surface area contributed by atoms with Crippen LogP contribution in [-0.4, -0.2) is 38.6 Å². The molecule has 5 nitrogen and oxygen atoms in total. The van der Waals surface area contributed by atoms with Gasteiger partial charge in [0.25, 0.3) is 0 Å². The molecule has 0 spiro atoms. The summed E-state index contributed by atoms with van der Waals surface area (Å²) in [7, 11) is -1.90. The van der Waals surface area contributed by atoms with Gasteiger partial charge in [-0.2, -0.15) is 0 Å². The van der Waals surface area contributed by atoms with Crippen LogP contribution in [0.5, 0.6) is 0 Å². The number of nitrogens with one attached hydrogen (secondary N) is 1. The van der Waals surface area contributed by atoms with Gasteiger partial charge in [-0.15, -0.1) is 0 Å². The zero-order chi connectivity index (χ0) is 15.1. The molecule has 0 unspecified atom stereocenters. The highest BCUT2D eigenvalue weighted by Crippen LogP contribution is 2.08. The quantitative estimate of drug-likeness (QED) is 0.689. The molecule has 3 N–H and O–H groups in total. The molecule has 0 heterocycles. The van der Waals surface area contributed by atoms with Crippen LogP contribution in [0, 0.1) is 0 Å². The average Bonchev–Trinajstić information content (AvgIpc) is 2.30. The van der Waals surface area contributed by atoms with Crippen molar-refractivity contribution in [1.29, 1.82) is 0 Å². The van der Waals surface area contributed by atoms with Crippen molar-refractivity contribution in [3.05, 3.63) is 35.7 Å². The zero-order valence-electron chi connectivity index (χ0n) is 12.3. The van der Waals surface area contributed by atoms with Crippen molar-refractivity contribution in [3.8, 4) is 0 Å². The molecule has 110 valence electrons. The lowest BCUT2D eigenvalue weighted by Crippen LogP contribution is -2.33. The molecule has 0 bridgehead atoms. The average molecular weight is 287 g/mol. The second kappa shape index (κ2) is 8.01. The van der Waals surface area contributed by atoms with Gasteiger partial charge < -0.3 is 11.1 Å². The number of allylic oxidation sites excluding steroid dienone is 3. The third-order valence-corrected chi connectivity index (χ3v) is 3.66. The molecule has 0 aromatic carbocycles. The lowest BCUT2D eigenvalue weighted by Gasteiger charge is -2.20.